The highest BCUT2D eigenvalue weighted by molar-refractivity contribution is 5.82. The zero-order valence-electron chi connectivity index (χ0n) is 14.0. The van der Waals surface area contributed by atoms with Gasteiger partial charge in [-0.15, -0.1) is 0 Å². The largest absolute Gasteiger partial charge is 0.341 e. The zero-order valence-corrected chi connectivity index (χ0v) is 14.0. The number of nitrogens with one attached hydrogen (secondary N) is 1. The van der Waals surface area contributed by atoms with Gasteiger partial charge in [0.1, 0.15) is 0 Å². The second-order valence-electron chi connectivity index (χ2n) is 8.56. The molecule has 0 aromatic carbocycles. The van der Waals surface area contributed by atoms with Gasteiger partial charge in [-0.05, 0) is 61.8 Å². The lowest BCUT2D eigenvalue weighted by Crippen LogP contribution is -2.46. The van der Waals surface area contributed by atoms with Crippen LogP contribution in [-0.2, 0) is 4.79 Å². The molecule has 0 bridgehead atoms. The van der Waals surface area contributed by atoms with Crippen LogP contribution in [0.4, 0.5) is 0 Å². The van der Waals surface area contributed by atoms with Crippen LogP contribution in [0.5, 0.6) is 0 Å². The molecule has 0 aromatic rings. The highest BCUT2D eigenvalue weighted by Crippen LogP contribution is 2.39. The highest BCUT2D eigenvalue weighted by atomic mass is 16.2. The van der Waals surface area contributed by atoms with Gasteiger partial charge in [-0.1, -0.05) is 27.2 Å². The maximum atomic E-state index is 12.9. The van der Waals surface area contributed by atoms with Gasteiger partial charge in [-0.3, -0.25) is 4.79 Å². The van der Waals surface area contributed by atoms with E-state index in [-0.39, 0.29) is 6.04 Å². The Morgan fingerprint density at radius 1 is 1.05 bits per heavy atom. The zero-order chi connectivity index (χ0) is 15.0. The molecule has 4 atom stereocenters. The van der Waals surface area contributed by atoms with Crippen molar-refractivity contribution in [3.63, 3.8) is 0 Å². The number of carbonyl (C=O) groups excluding carboxylic acids is 1. The summed E-state index contributed by atoms with van der Waals surface area (Å²) in [4.78, 5) is 15.1. The number of nitrogens with zero attached hydrogens (tertiary/aromatic N) is 1. The minimum absolute atomic E-state index is 0.128. The van der Waals surface area contributed by atoms with Gasteiger partial charge in [0.25, 0.3) is 0 Å². The predicted octanol–water partition coefficient (Wildman–Crippen LogP) is 3.05. The van der Waals surface area contributed by atoms with Crippen LogP contribution in [0.2, 0.25) is 0 Å². The Bertz CT molecular complexity index is 387. The van der Waals surface area contributed by atoms with E-state index >= 15 is 0 Å². The Morgan fingerprint density at radius 2 is 1.86 bits per heavy atom. The van der Waals surface area contributed by atoms with Crippen LogP contribution in [-0.4, -0.2) is 36.5 Å². The van der Waals surface area contributed by atoms with Gasteiger partial charge in [-0.25, -0.2) is 0 Å². The topological polar surface area (TPSA) is 32.3 Å². The molecule has 2 saturated heterocycles. The molecule has 2 aliphatic heterocycles. The molecule has 2 heterocycles. The van der Waals surface area contributed by atoms with Crippen molar-refractivity contribution in [3.8, 4) is 0 Å². The molecule has 1 N–H and O–H groups in total. The average Bonchev–Trinajstić information content (AvgIpc) is 2.91. The molecule has 3 fully saturated rings. The van der Waals surface area contributed by atoms with Crippen molar-refractivity contribution in [1.29, 1.82) is 0 Å². The van der Waals surface area contributed by atoms with E-state index in [4.69, 9.17) is 0 Å². The van der Waals surface area contributed by atoms with Crippen LogP contribution >= 0.6 is 0 Å². The third kappa shape index (κ3) is 3.13. The van der Waals surface area contributed by atoms with Crippen LogP contribution in [0.1, 0.15) is 59.3 Å². The van der Waals surface area contributed by atoms with E-state index in [9.17, 15) is 4.79 Å². The maximum absolute atomic E-state index is 12.9. The van der Waals surface area contributed by atoms with Crippen LogP contribution < -0.4 is 5.32 Å². The first-order valence-corrected chi connectivity index (χ1v) is 8.99. The maximum Gasteiger partial charge on any atom is 0.240 e. The van der Waals surface area contributed by atoms with Crippen molar-refractivity contribution in [2.24, 2.45) is 23.2 Å². The SMILES string of the molecule is CC(C)(C)C1CCCN(C(=O)C2NCC3CCCC32)CC1. The van der Waals surface area contributed by atoms with E-state index < -0.39 is 0 Å². The molecule has 1 amide bonds. The van der Waals surface area contributed by atoms with Crippen LogP contribution in [0.25, 0.3) is 0 Å². The molecule has 3 rings (SSSR count). The summed E-state index contributed by atoms with van der Waals surface area (Å²) in [6.45, 7) is 10.0. The molecule has 1 saturated carbocycles. The molecule has 3 nitrogen and oxygen atoms in total. The molecule has 3 heteroatoms. The second-order valence-corrected chi connectivity index (χ2v) is 8.56. The van der Waals surface area contributed by atoms with E-state index in [2.05, 4.69) is 31.0 Å². The van der Waals surface area contributed by atoms with E-state index in [1.807, 2.05) is 0 Å². The molecule has 3 aliphatic rings. The lowest BCUT2D eigenvalue weighted by molar-refractivity contribution is -0.134. The summed E-state index contributed by atoms with van der Waals surface area (Å²) in [5, 5.41) is 3.53. The smallest absolute Gasteiger partial charge is 0.240 e. The first-order valence-electron chi connectivity index (χ1n) is 8.99. The molecule has 1 aliphatic carbocycles. The highest BCUT2D eigenvalue weighted by Gasteiger charge is 2.44. The third-order valence-electron chi connectivity index (χ3n) is 6.28. The number of amides is 1. The summed E-state index contributed by atoms with van der Waals surface area (Å²) in [6.07, 6.45) is 7.54. The third-order valence-corrected chi connectivity index (χ3v) is 6.28. The monoisotopic (exact) mass is 292 g/mol. The fourth-order valence-electron chi connectivity index (χ4n) is 4.84. The standard InChI is InChI=1S/C18H32N2O/c1-18(2,3)14-7-5-10-20(11-9-14)17(21)16-15-8-4-6-13(15)12-19-16/h13-16,19H,4-12H2,1-3H3. The Hall–Kier alpha value is -0.570. The van der Waals surface area contributed by atoms with Gasteiger partial charge < -0.3 is 10.2 Å². The van der Waals surface area contributed by atoms with Gasteiger partial charge in [0.2, 0.25) is 5.91 Å². The number of hydrogen-bond acceptors (Lipinski definition) is 2. The van der Waals surface area contributed by atoms with Gasteiger partial charge in [-0.2, -0.15) is 0 Å². The quantitative estimate of drug-likeness (QED) is 0.805. The van der Waals surface area contributed by atoms with Crippen molar-refractivity contribution in [2.45, 2.75) is 65.3 Å². The summed E-state index contributed by atoms with van der Waals surface area (Å²) in [5.41, 5.74) is 0.376. The first-order chi connectivity index (χ1) is 9.97. The van der Waals surface area contributed by atoms with E-state index in [0.29, 0.717) is 17.2 Å². The van der Waals surface area contributed by atoms with Gasteiger partial charge in [0, 0.05) is 13.1 Å². The molecule has 21 heavy (non-hydrogen) atoms. The number of carbonyl (C=O) groups is 1. The molecular weight excluding hydrogens is 260 g/mol. The van der Waals surface area contributed by atoms with Crippen molar-refractivity contribution in [3.05, 3.63) is 0 Å². The number of hydrogen-bond donors (Lipinski definition) is 1. The predicted molar refractivity (Wildman–Crippen MR) is 86.0 cm³/mol. The Labute approximate surface area is 129 Å². The van der Waals surface area contributed by atoms with Crippen LogP contribution in [0.3, 0.4) is 0 Å². The van der Waals surface area contributed by atoms with Gasteiger partial charge >= 0.3 is 0 Å². The summed E-state index contributed by atoms with van der Waals surface area (Å²) in [7, 11) is 0. The number of likely N-dealkylation sites (tertiary alicyclic amines) is 1. The summed E-state index contributed by atoms with van der Waals surface area (Å²) < 4.78 is 0. The van der Waals surface area contributed by atoms with Crippen molar-refractivity contribution in [1.82, 2.24) is 10.2 Å². The minimum Gasteiger partial charge on any atom is -0.341 e. The lowest BCUT2D eigenvalue weighted by atomic mass is 9.77. The van der Waals surface area contributed by atoms with E-state index in [0.717, 1.165) is 31.5 Å². The van der Waals surface area contributed by atoms with Gasteiger partial charge in [0.05, 0.1) is 6.04 Å². The lowest BCUT2D eigenvalue weighted by Gasteiger charge is -2.30. The van der Waals surface area contributed by atoms with Crippen molar-refractivity contribution >= 4 is 5.91 Å². The van der Waals surface area contributed by atoms with E-state index in [1.165, 1.54) is 38.5 Å². The molecular formula is C18H32N2O. The molecule has 120 valence electrons. The van der Waals surface area contributed by atoms with Crippen molar-refractivity contribution in [2.75, 3.05) is 19.6 Å². The van der Waals surface area contributed by atoms with Gasteiger partial charge in [0.15, 0.2) is 0 Å². The normalized spacial score (nSPS) is 37.4. The first kappa shape index (κ1) is 15.3. The fourth-order valence-corrected chi connectivity index (χ4v) is 4.84. The van der Waals surface area contributed by atoms with Crippen LogP contribution in [0.15, 0.2) is 0 Å². The Morgan fingerprint density at radius 3 is 2.62 bits per heavy atom. The Kier molecular flexibility index (Phi) is 4.31. The number of fused-ring (bicyclic) bond motifs is 1. The Balaban J connectivity index is 1.60. The van der Waals surface area contributed by atoms with Crippen LogP contribution in [0, 0.1) is 23.2 Å². The summed E-state index contributed by atoms with van der Waals surface area (Å²) in [6, 6.07) is 0.128. The molecule has 4 unspecified atom stereocenters. The molecule has 0 radical (unpaired) electrons. The average molecular weight is 292 g/mol. The second kappa shape index (κ2) is 5.91. The minimum atomic E-state index is 0.128. The summed E-state index contributed by atoms with van der Waals surface area (Å²) in [5.74, 6) is 2.55. The number of rotatable bonds is 1. The van der Waals surface area contributed by atoms with Crippen molar-refractivity contribution < 1.29 is 4.79 Å². The van der Waals surface area contributed by atoms with E-state index in [1.54, 1.807) is 0 Å². The molecule has 0 aromatic heterocycles. The fraction of sp³-hybridized carbons (Fsp3) is 0.944. The summed E-state index contributed by atoms with van der Waals surface area (Å²) >= 11 is 0. The molecule has 0 spiro atoms.